The molecule has 0 spiro atoms. The van der Waals surface area contributed by atoms with Gasteiger partial charge in [-0.1, -0.05) is 50.0 Å². The van der Waals surface area contributed by atoms with Gasteiger partial charge in [-0.3, -0.25) is 4.18 Å². The fourth-order valence-electron chi connectivity index (χ4n) is 0.317. The van der Waals surface area contributed by atoms with Crippen LogP contribution >= 0.6 is 0 Å². The van der Waals surface area contributed by atoms with Crippen LogP contribution in [0.1, 0.15) is 50.0 Å². The third kappa shape index (κ3) is 31.3. The van der Waals surface area contributed by atoms with Crippen molar-refractivity contribution in [2.75, 3.05) is 6.61 Å². The van der Waals surface area contributed by atoms with E-state index >= 15 is 0 Å². The monoisotopic (exact) mass is 254 g/mol. The number of hydrogen-bond donors (Lipinski definition) is 0. The van der Waals surface area contributed by atoms with Gasteiger partial charge in [-0.2, -0.15) is 0 Å². The van der Waals surface area contributed by atoms with Crippen LogP contribution in [-0.2, 0) is 14.6 Å². The minimum Gasteiger partial charge on any atom is -0.726 e. The van der Waals surface area contributed by atoms with Gasteiger partial charge in [-0.15, -0.1) is 0 Å². The van der Waals surface area contributed by atoms with E-state index in [1.165, 1.54) is 0 Å². The van der Waals surface area contributed by atoms with Gasteiger partial charge in [0.05, 0.1) is 6.61 Å². The zero-order chi connectivity index (χ0) is 8.20. The van der Waals surface area contributed by atoms with E-state index in [4.69, 9.17) is 0 Å². The van der Waals surface area contributed by atoms with Gasteiger partial charge in [0.1, 0.15) is 0 Å². The first-order valence-electron chi connectivity index (χ1n) is 3.06. The average molecular weight is 254 g/mol. The smallest absolute Gasteiger partial charge is 0.726 e. The van der Waals surface area contributed by atoms with Gasteiger partial charge in [-0.05, 0) is 5.92 Å². The molecule has 6 heteroatoms. The van der Waals surface area contributed by atoms with Crippen molar-refractivity contribution < 1.29 is 46.7 Å². The van der Waals surface area contributed by atoms with Gasteiger partial charge in [-0.25, -0.2) is 8.42 Å². The number of rotatable bonds is 4. The fraction of sp³-hybridized carbons (Fsp3) is 1.00. The molecule has 0 rings (SSSR count). The molecule has 0 saturated heterocycles. The first-order chi connectivity index (χ1) is 4.45. The molecular weight excluding hydrogens is 227 g/mol. The van der Waals surface area contributed by atoms with Crippen LogP contribution in [-0.4, -0.2) is 19.6 Å². The third-order valence-corrected chi connectivity index (χ3v) is 1.62. The second kappa shape index (κ2) is 17.3. The van der Waals surface area contributed by atoms with E-state index in [0.29, 0.717) is 0 Å². The van der Waals surface area contributed by atoms with Crippen molar-refractivity contribution in [1.82, 2.24) is 0 Å². The minimum absolute atomic E-state index is 0. The largest absolute Gasteiger partial charge is 1.00 e. The van der Waals surface area contributed by atoms with E-state index in [9.17, 15) is 13.0 Å². The first-order valence-corrected chi connectivity index (χ1v) is 4.39. The van der Waals surface area contributed by atoms with Crippen LogP contribution in [0.25, 0.3) is 0 Å². The Hall–Kier alpha value is 0.870. The Labute approximate surface area is 119 Å². The van der Waals surface area contributed by atoms with E-state index in [2.05, 4.69) is 4.18 Å². The molecule has 0 fully saturated rings. The zero-order valence-electron chi connectivity index (χ0n) is 7.03. The fourth-order valence-corrected chi connectivity index (χ4v) is 0.716. The average Bonchev–Trinajstić information content (AvgIpc) is 1.81. The summed E-state index contributed by atoms with van der Waals surface area (Å²) in [6, 6.07) is 0. The Balaban J connectivity index is -0.0000000405. The van der Waals surface area contributed by atoms with Crippen molar-refractivity contribution >= 4 is 10.4 Å². The maximum absolute atomic E-state index is 9.87. The molecule has 0 aromatic rings. The normalized spacial score (nSPS) is 10.1. The van der Waals surface area contributed by atoms with Crippen molar-refractivity contribution in [3.8, 4) is 0 Å². The van der Waals surface area contributed by atoms with Gasteiger partial charge < -0.3 is 4.55 Å². The summed E-state index contributed by atoms with van der Waals surface area (Å²) in [5.41, 5.74) is 0. The molecule has 0 bridgehead atoms. The molecule has 0 N–H and O–H groups in total. The molecule has 15 heavy (non-hydrogen) atoms. The molecule has 1 unspecified atom stereocenters. The van der Waals surface area contributed by atoms with Crippen molar-refractivity contribution in [2.24, 2.45) is 5.92 Å². The predicted octanol–water partition coefficient (Wildman–Crippen LogP) is 0.0577. The van der Waals surface area contributed by atoms with E-state index < -0.39 is 10.4 Å². The molecule has 94 valence electrons. The van der Waals surface area contributed by atoms with Gasteiger partial charge in [0.15, 0.2) is 0 Å². The molecule has 4 nitrogen and oxygen atoms in total. The molecule has 0 aliphatic heterocycles. The van der Waals surface area contributed by atoms with E-state index in [0.717, 1.165) is 6.42 Å². The van der Waals surface area contributed by atoms with Gasteiger partial charge in [0.25, 0.3) is 0 Å². The van der Waals surface area contributed by atoms with E-state index in [-0.39, 0.29) is 71.8 Å². The van der Waals surface area contributed by atoms with Crippen LogP contribution in [0.5, 0.6) is 0 Å². The Morgan fingerprint density at radius 2 is 1.53 bits per heavy atom. The van der Waals surface area contributed by atoms with E-state index in [1.807, 2.05) is 13.8 Å². The first kappa shape index (κ1) is 36.0. The Bertz CT molecular complexity index is 181. The molecular formula is C9H27NaO4S. The van der Waals surface area contributed by atoms with Gasteiger partial charge in [0.2, 0.25) is 10.4 Å². The van der Waals surface area contributed by atoms with Crippen LogP contribution in [0, 0.1) is 5.92 Å². The van der Waals surface area contributed by atoms with Gasteiger partial charge >= 0.3 is 29.6 Å². The van der Waals surface area contributed by atoms with Crippen LogP contribution in [0.15, 0.2) is 0 Å². The topological polar surface area (TPSA) is 66.4 Å². The Kier molecular flexibility index (Phi) is 41.5. The third-order valence-electron chi connectivity index (χ3n) is 1.19. The summed E-state index contributed by atoms with van der Waals surface area (Å²) in [6.07, 6.45) is 0.801. The predicted molar refractivity (Wildman–Crippen MR) is 62.0 cm³/mol. The summed E-state index contributed by atoms with van der Waals surface area (Å²) < 4.78 is 33.6. The molecule has 1 atom stereocenters. The maximum atomic E-state index is 9.87. The molecule has 0 aromatic heterocycles. The standard InChI is InChI=1S/C5H12O4S.4CH4.Na/c1-3-5(2)4-9-10(6,7)8;;;;;/h5H,3-4H2,1-2H3,(H,6,7,8);4*1H4;/q;;;;;+1/p-1. The summed E-state index contributed by atoms with van der Waals surface area (Å²) in [6.45, 7) is 3.69. The maximum Gasteiger partial charge on any atom is 1.00 e. The molecule has 0 aliphatic carbocycles. The minimum atomic E-state index is -4.48. The van der Waals surface area contributed by atoms with Crippen LogP contribution in [0.4, 0.5) is 0 Å². The van der Waals surface area contributed by atoms with Gasteiger partial charge in [0, 0.05) is 0 Å². The van der Waals surface area contributed by atoms with Crippen LogP contribution < -0.4 is 29.6 Å². The molecule has 0 saturated carbocycles. The van der Waals surface area contributed by atoms with E-state index in [1.54, 1.807) is 0 Å². The molecule has 0 radical (unpaired) electrons. The summed E-state index contributed by atoms with van der Waals surface area (Å²) in [5.74, 6) is 0.115. The zero-order valence-corrected chi connectivity index (χ0v) is 9.85. The Morgan fingerprint density at radius 3 is 1.73 bits per heavy atom. The summed E-state index contributed by atoms with van der Waals surface area (Å²) >= 11 is 0. The Morgan fingerprint density at radius 1 is 1.20 bits per heavy atom. The summed E-state index contributed by atoms with van der Waals surface area (Å²) in [7, 11) is -4.48. The molecule has 0 aliphatic rings. The van der Waals surface area contributed by atoms with Crippen molar-refractivity contribution in [3.63, 3.8) is 0 Å². The second-order valence-corrected chi connectivity index (χ2v) is 3.26. The number of hydrogen-bond acceptors (Lipinski definition) is 4. The van der Waals surface area contributed by atoms with Crippen LogP contribution in [0.2, 0.25) is 0 Å². The second-order valence-electron chi connectivity index (χ2n) is 2.21. The van der Waals surface area contributed by atoms with Crippen molar-refractivity contribution in [1.29, 1.82) is 0 Å². The van der Waals surface area contributed by atoms with Crippen molar-refractivity contribution in [3.05, 3.63) is 0 Å². The molecule has 0 amide bonds. The molecule has 0 heterocycles. The van der Waals surface area contributed by atoms with Crippen LogP contribution in [0.3, 0.4) is 0 Å². The SMILES string of the molecule is C.C.C.C.CCC(C)COS(=O)(=O)[O-].[Na+]. The summed E-state index contributed by atoms with van der Waals surface area (Å²) in [5, 5.41) is 0. The quantitative estimate of drug-likeness (QED) is 0.404. The van der Waals surface area contributed by atoms with Crippen molar-refractivity contribution in [2.45, 2.75) is 50.0 Å². The summed E-state index contributed by atoms with van der Waals surface area (Å²) in [4.78, 5) is 0. The molecule has 0 aromatic carbocycles.